The van der Waals surface area contributed by atoms with E-state index >= 15 is 0 Å². The smallest absolute Gasteiger partial charge is 0.126 e. The summed E-state index contributed by atoms with van der Waals surface area (Å²) in [7, 11) is -4.61. The third-order valence-electron chi connectivity index (χ3n) is 2.01. The van der Waals surface area contributed by atoms with Gasteiger partial charge in [-0.1, -0.05) is 32.7 Å². The Hall–Kier alpha value is -0.700. The molecule has 1 rings (SSSR count). The Morgan fingerprint density at radius 2 is 2.00 bits per heavy atom. The lowest BCUT2D eigenvalue weighted by Crippen LogP contribution is -2.25. The van der Waals surface area contributed by atoms with Gasteiger partial charge in [-0.2, -0.15) is 0 Å². The first-order valence-electron chi connectivity index (χ1n) is 4.16. The van der Waals surface area contributed by atoms with Gasteiger partial charge in [0.1, 0.15) is 5.82 Å². The molecule has 78 valence electrons. The van der Waals surface area contributed by atoms with Crippen molar-refractivity contribution in [3.63, 3.8) is 0 Å². The van der Waals surface area contributed by atoms with Crippen molar-refractivity contribution in [2.45, 2.75) is 19.0 Å². The third-order valence-corrected chi connectivity index (χ3v) is 3.28. The predicted molar refractivity (Wildman–Crippen MR) is 47.2 cm³/mol. The largest absolute Gasteiger partial charge is 0.811 e. The van der Waals surface area contributed by atoms with Crippen molar-refractivity contribution in [2.24, 2.45) is 0 Å². The van der Waals surface area contributed by atoms with Crippen LogP contribution in [0.25, 0.3) is 0 Å². The van der Waals surface area contributed by atoms with Crippen LogP contribution in [0.1, 0.15) is 12.5 Å². The predicted octanol–water partition coefficient (Wildman–Crippen LogP) is 0.670. The van der Waals surface area contributed by atoms with Crippen molar-refractivity contribution in [3.8, 4) is 0 Å². The molecule has 0 amide bonds. The molecule has 3 nitrogen and oxygen atoms in total. The van der Waals surface area contributed by atoms with Crippen molar-refractivity contribution in [3.05, 3.63) is 35.6 Å². The van der Waals surface area contributed by atoms with Crippen LogP contribution in [-0.2, 0) is 11.0 Å². The van der Waals surface area contributed by atoms with Crippen molar-refractivity contribution in [1.29, 1.82) is 0 Å². The Labute approximate surface area is 81.7 Å². The quantitative estimate of drug-likeness (QED) is 0.697. The first-order valence-corrected chi connectivity index (χ1v) is 5.77. The molecule has 14 heavy (non-hydrogen) atoms. The molecule has 0 heterocycles. The summed E-state index contributed by atoms with van der Waals surface area (Å²) >= 11 is 0. The Morgan fingerprint density at radius 1 is 1.43 bits per heavy atom. The summed E-state index contributed by atoms with van der Waals surface area (Å²) in [5.41, 5.74) is -0.814. The van der Waals surface area contributed by atoms with Crippen molar-refractivity contribution in [2.75, 3.05) is 0 Å². The molecular weight excluding hydrogens is 206 g/mol. The van der Waals surface area contributed by atoms with Crippen molar-refractivity contribution in [1.82, 2.24) is 0 Å². The van der Waals surface area contributed by atoms with Gasteiger partial charge in [0.15, 0.2) is 0 Å². The summed E-state index contributed by atoms with van der Waals surface area (Å²) in [4.78, 5) is 21.2. The van der Waals surface area contributed by atoms with E-state index in [9.17, 15) is 18.7 Å². The van der Waals surface area contributed by atoms with Crippen LogP contribution >= 0.6 is 7.60 Å². The summed E-state index contributed by atoms with van der Waals surface area (Å²) in [5, 5.41) is 0. The minimum absolute atomic E-state index is 0.0725. The zero-order valence-corrected chi connectivity index (χ0v) is 8.54. The molecule has 1 atom stereocenters. The van der Waals surface area contributed by atoms with E-state index in [0.29, 0.717) is 0 Å². The maximum Gasteiger partial charge on any atom is 0.126 e. The van der Waals surface area contributed by atoms with Crippen LogP contribution in [0.5, 0.6) is 0 Å². The van der Waals surface area contributed by atoms with Crippen LogP contribution in [-0.4, -0.2) is 5.66 Å². The lowest BCUT2D eigenvalue weighted by atomic mass is 10.1. The highest BCUT2D eigenvalue weighted by atomic mass is 31.2. The van der Waals surface area contributed by atoms with Gasteiger partial charge in [-0.05, 0) is 23.7 Å². The lowest BCUT2D eigenvalue weighted by Gasteiger charge is -2.36. The van der Waals surface area contributed by atoms with Gasteiger partial charge < -0.3 is 14.4 Å². The van der Waals surface area contributed by atoms with Gasteiger partial charge >= 0.3 is 0 Å². The van der Waals surface area contributed by atoms with E-state index in [1.807, 2.05) is 0 Å². The van der Waals surface area contributed by atoms with E-state index in [1.165, 1.54) is 25.1 Å². The standard InChI is InChI=1S/C9H12FO3P/c1-7(14(11,12)13)6-8-4-2-3-5-9(8)10/h2-5,7H,6H2,1H3,(H2,11,12,13)/p-2. The molecule has 0 saturated carbocycles. The monoisotopic (exact) mass is 216 g/mol. The van der Waals surface area contributed by atoms with Crippen LogP contribution in [0.3, 0.4) is 0 Å². The molecule has 0 N–H and O–H groups in total. The van der Waals surface area contributed by atoms with Crippen molar-refractivity contribution >= 4 is 7.60 Å². The molecule has 0 aliphatic carbocycles. The van der Waals surface area contributed by atoms with Gasteiger partial charge in [0.2, 0.25) is 0 Å². The molecule has 1 unspecified atom stereocenters. The van der Waals surface area contributed by atoms with Crippen LogP contribution in [0.2, 0.25) is 0 Å². The van der Waals surface area contributed by atoms with E-state index in [4.69, 9.17) is 0 Å². The molecule has 1 aromatic rings. The molecule has 5 heteroatoms. The van der Waals surface area contributed by atoms with Crippen molar-refractivity contribution < 1.29 is 18.7 Å². The maximum atomic E-state index is 13.0. The van der Waals surface area contributed by atoms with Gasteiger partial charge in [-0.15, -0.1) is 0 Å². The number of benzene rings is 1. The summed E-state index contributed by atoms with van der Waals surface area (Å²) in [6.07, 6.45) is -0.0725. The molecule has 0 spiro atoms. The Morgan fingerprint density at radius 3 is 2.50 bits per heavy atom. The second-order valence-corrected chi connectivity index (χ2v) is 5.15. The second kappa shape index (κ2) is 4.22. The molecule has 0 bridgehead atoms. The van der Waals surface area contributed by atoms with Gasteiger partial charge in [-0.3, -0.25) is 0 Å². The average molecular weight is 216 g/mol. The molecular formula is C9H10FO3P-2. The fourth-order valence-corrected chi connectivity index (χ4v) is 1.51. The summed E-state index contributed by atoms with van der Waals surface area (Å²) in [6.45, 7) is 1.28. The average Bonchev–Trinajstić information content (AvgIpc) is 2.07. The number of halogens is 1. The molecule has 0 saturated heterocycles. The van der Waals surface area contributed by atoms with Crippen LogP contribution in [0.4, 0.5) is 4.39 Å². The zero-order valence-electron chi connectivity index (χ0n) is 7.64. The Balaban J connectivity index is 2.80. The maximum absolute atomic E-state index is 13.0. The zero-order chi connectivity index (χ0) is 10.8. The number of hydrogen-bond acceptors (Lipinski definition) is 3. The van der Waals surface area contributed by atoms with Gasteiger partial charge in [0, 0.05) is 0 Å². The minimum atomic E-state index is -4.61. The van der Waals surface area contributed by atoms with Gasteiger partial charge in [-0.25, -0.2) is 4.39 Å². The van der Waals surface area contributed by atoms with E-state index in [-0.39, 0.29) is 12.0 Å². The molecule has 0 aliphatic heterocycles. The second-order valence-electron chi connectivity index (χ2n) is 3.18. The summed E-state index contributed by atoms with van der Waals surface area (Å²) in [6, 6.07) is 5.83. The number of rotatable bonds is 3. The molecule has 0 radical (unpaired) electrons. The highest BCUT2D eigenvalue weighted by molar-refractivity contribution is 7.49. The van der Waals surface area contributed by atoms with E-state index < -0.39 is 19.1 Å². The molecule has 0 aliphatic rings. The normalized spacial score (nSPS) is 14.0. The van der Waals surface area contributed by atoms with E-state index in [0.717, 1.165) is 0 Å². The third kappa shape index (κ3) is 2.91. The first-order chi connectivity index (χ1) is 6.41. The minimum Gasteiger partial charge on any atom is -0.811 e. The van der Waals surface area contributed by atoms with Crippen LogP contribution in [0.15, 0.2) is 24.3 Å². The summed E-state index contributed by atoms with van der Waals surface area (Å²) < 4.78 is 23.6. The molecule has 0 aromatic heterocycles. The van der Waals surface area contributed by atoms with E-state index in [2.05, 4.69) is 0 Å². The molecule has 1 aromatic carbocycles. The Kier molecular flexibility index (Phi) is 3.43. The molecule has 0 fully saturated rings. The lowest BCUT2D eigenvalue weighted by molar-refractivity contribution is -0.316. The summed E-state index contributed by atoms with van der Waals surface area (Å²) in [5.74, 6) is -0.479. The van der Waals surface area contributed by atoms with Crippen LogP contribution < -0.4 is 9.79 Å². The van der Waals surface area contributed by atoms with E-state index in [1.54, 1.807) is 6.07 Å². The fourth-order valence-electron chi connectivity index (χ4n) is 1.09. The van der Waals surface area contributed by atoms with Crippen LogP contribution in [0, 0.1) is 5.82 Å². The highest BCUT2D eigenvalue weighted by Gasteiger charge is 2.10. The first kappa shape index (κ1) is 11.4. The fraction of sp³-hybridized carbons (Fsp3) is 0.333. The van der Waals surface area contributed by atoms with Gasteiger partial charge in [0.05, 0.1) is 0 Å². The SMILES string of the molecule is CC(Cc1ccccc1F)P(=O)([O-])[O-]. The topological polar surface area (TPSA) is 63.2 Å². The highest BCUT2D eigenvalue weighted by Crippen LogP contribution is 2.33. The number of hydrogen-bond donors (Lipinski definition) is 0. The Bertz CT molecular complexity index is 361. The van der Waals surface area contributed by atoms with Gasteiger partial charge in [0.25, 0.3) is 0 Å².